The molecule has 1 saturated carbocycles. The average molecular weight is 417 g/mol. The van der Waals surface area contributed by atoms with Crippen LogP contribution in [0.3, 0.4) is 0 Å². The lowest BCUT2D eigenvalue weighted by atomic mass is 9.83. The van der Waals surface area contributed by atoms with Gasteiger partial charge >= 0.3 is 0 Å². The van der Waals surface area contributed by atoms with Crippen molar-refractivity contribution in [2.24, 2.45) is 13.0 Å². The fourth-order valence-electron chi connectivity index (χ4n) is 3.66. The van der Waals surface area contributed by atoms with E-state index in [-0.39, 0.29) is 23.8 Å². The largest absolute Gasteiger partial charge is 0.347 e. The van der Waals surface area contributed by atoms with Crippen LogP contribution in [0.15, 0.2) is 28.7 Å². The van der Waals surface area contributed by atoms with Gasteiger partial charge in [-0.15, -0.1) is 0 Å². The Morgan fingerprint density at radius 2 is 2.04 bits per heavy atom. The van der Waals surface area contributed by atoms with Gasteiger partial charge in [-0.2, -0.15) is 5.26 Å². The molecule has 1 aliphatic carbocycles. The standard InChI is InChI=1S/C19H21BrN4O2/c1-23(11-21)19(26)14-5-3-4-6-15(14)22-18(25)17-9-12-7-8-13(20)10-16(12)24(17)2/h7-10,14-15H,3-6H2,1-2H3,(H,22,25)/t14-,15+/m1/s1. The minimum absolute atomic E-state index is 0.191. The van der Waals surface area contributed by atoms with Gasteiger partial charge in [0, 0.05) is 35.5 Å². The number of carbonyl (C=O) groups is 2. The third-order valence-corrected chi connectivity index (χ3v) is 5.61. The normalized spacial score (nSPS) is 19.8. The summed E-state index contributed by atoms with van der Waals surface area (Å²) in [4.78, 5) is 26.4. The van der Waals surface area contributed by atoms with E-state index < -0.39 is 0 Å². The van der Waals surface area contributed by atoms with E-state index in [1.807, 2.05) is 42.1 Å². The van der Waals surface area contributed by atoms with Crippen LogP contribution >= 0.6 is 15.9 Å². The zero-order chi connectivity index (χ0) is 18.8. The third kappa shape index (κ3) is 3.47. The van der Waals surface area contributed by atoms with Crippen molar-refractivity contribution in [1.29, 1.82) is 5.26 Å². The van der Waals surface area contributed by atoms with Gasteiger partial charge in [-0.1, -0.05) is 34.8 Å². The summed E-state index contributed by atoms with van der Waals surface area (Å²) < 4.78 is 2.81. The molecule has 6 nitrogen and oxygen atoms in total. The van der Waals surface area contributed by atoms with Crippen LogP contribution in [-0.4, -0.2) is 34.4 Å². The zero-order valence-corrected chi connectivity index (χ0v) is 16.4. The van der Waals surface area contributed by atoms with Gasteiger partial charge in [0.15, 0.2) is 6.19 Å². The molecule has 1 aliphatic rings. The Kier molecular flexibility index (Phi) is 5.33. The van der Waals surface area contributed by atoms with Gasteiger partial charge in [-0.3, -0.25) is 14.5 Å². The van der Waals surface area contributed by atoms with Gasteiger partial charge < -0.3 is 9.88 Å². The number of fused-ring (bicyclic) bond motifs is 1. The zero-order valence-electron chi connectivity index (χ0n) is 14.8. The first-order valence-electron chi connectivity index (χ1n) is 8.65. The number of aromatic nitrogens is 1. The monoisotopic (exact) mass is 416 g/mol. The minimum atomic E-state index is -0.346. The quantitative estimate of drug-likeness (QED) is 0.616. The second-order valence-corrected chi connectivity index (χ2v) is 7.68. The molecule has 26 heavy (non-hydrogen) atoms. The molecule has 2 atom stereocenters. The molecule has 0 unspecified atom stereocenters. The lowest BCUT2D eigenvalue weighted by molar-refractivity contribution is -0.133. The van der Waals surface area contributed by atoms with Crippen molar-refractivity contribution in [3.8, 4) is 6.19 Å². The highest BCUT2D eigenvalue weighted by Gasteiger charge is 2.34. The van der Waals surface area contributed by atoms with E-state index in [0.717, 1.165) is 39.5 Å². The molecular formula is C19H21BrN4O2. The Morgan fingerprint density at radius 1 is 1.31 bits per heavy atom. The summed E-state index contributed by atoms with van der Waals surface area (Å²) in [6, 6.07) is 7.49. The summed E-state index contributed by atoms with van der Waals surface area (Å²) in [5.74, 6) is -0.760. The molecule has 3 rings (SSSR count). The fourth-order valence-corrected chi connectivity index (χ4v) is 4.01. The summed E-state index contributed by atoms with van der Waals surface area (Å²) in [5.41, 5.74) is 1.52. The molecule has 1 heterocycles. The summed E-state index contributed by atoms with van der Waals surface area (Å²) in [7, 11) is 3.33. The van der Waals surface area contributed by atoms with Gasteiger partial charge in [0.05, 0.1) is 5.92 Å². The number of nitriles is 1. The number of benzene rings is 1. The average Bonchev–Trinajstić information content (AvgIpc) is 2.97. The molecular weight excluding hydrogens is 396 g/mol. The first kappa shape index (κ1) is 18.5. The van der Waals surface area contributed by atoms with E-state index in [1.165, 1.54) is 7.05 Å². The Morgan fingerprint density at radius 3 is 2.77 bits per heavy atom. The summed E-state index contributed by atoms with van der Waals surface area (Å²) in [6.07, 6.45) is 5.20. The van der Waals surface area contributed by atoms with Gasteiger partial charge in [-0.25, -0.2) is 0 Å². The molecule has 1 aromatic heterocycles. The van der Waals surface area contributed by atoms with E-state index in [2.05, 4.69) is 21.2 Å². The lowest BCUT2D eigenvalue weighted by Gasteiger charge is -2.32. The smallest absolute Gasteiger partial charge is 0.268 e. The van der Waals surface area contributed by atoms with Gasteiger partial charge in [0.2, 0.25) is 5.91 Å². The van der Waals surface area contributed by atoms with Crippen LogP contribution < -0.4 is 5.32 Å². The Hall–Kier alpha value is -2.33. The number of aryl methyl sites for hydroxylation is 1. The molecule has 7 heteroatoms. The first-order valence-corrected chi connectivity index (χ1v) is 9.45. The number of hydrogen-bond donors (Lipinski definition) is 1. The van der Waals surface area contributed by atoms with Crippen LogP contribution in [0.4, 0.5) is 0 Å². The Bertz CT molecular complexity index is 899. The number of hydrogen-bond acceptors (Lipinski definition) is 3. The van der Waals surface area contributed by atoms with Crippen molar-refractivity contribution in [3.63, 3.8) is 0 Å². The second-order valence-electron chi connectivity index (χ2n) is 6.76. The minimum Gasteiger partial charge on any atom is -0.347 e. The molecule has 1 fully saturated rings. The highest BCUT2D eigenvalue weighted by atomic mass is 79.9. The molecule has 0 bridgehead atoms. The van der Waals surface area contributed by atoms with E-state index in [0.29, 0.717) is 12.1 Å². The topological polar surface area (TPSA) is 78.1 Å². The van der Waals surface area contributed by atoms with Crippen molar-refractivity contribution in [1.82, 2.24) is 14.8 Å². The van der Waals surface area contributed by atoms with Crippen LogP contribution in [0.25, 0.3) is 10.9 Å². The van der Waals surface area contributed by atoms with Crippen LogP contribution in [0.2, 0.25) is 0 Å². The summed E-state index contributed by atoms with van der Waals surface area (Å²) in [6.45, 7) is 0. The van der Waals surface area contributed by atoms with Gasteiger partial charge in [0.1, 0.15) is 5.69 Å². The van der Waals surface area contributed by atoms with Crippen LogP contribution in [0, 0.1) is 17.4 Å². The molecule has 1 aromatic carbocycles. The van der Waals surface area contributed by atoms with E-state index in [1.54, 1.807) is 0 Å². The number of nitrogens with zero attached hydrogens (tertiary/aromatic N) is 3. The number of nitrogens with one attached hydrogen (secondary N) is 1. The van der Waals surface area contributed by atoms with Gasteiger partial charge in [0.25, 0.3) is 5.91 Å². The molecule has 0 radical (unpaired) electrons. The van der Waals surface area contributed by atoms with Crippen LogP contribution in [-0.2, 0) is 11.8 Å². The predicted octanol–water partition coefficient (Wildman–Crippen LogP) is 3.17. The number of halogens is 1. The number of amides is 2. The van der Waals surface area contributed by atoms with Crippen molar-refractivity contribution in [2.75, 3.05) is 7.05 Å². The second kappa shape index (κ2) is 7.50. The summed E-state index contributed by atoms with van der Waals surface area (Å²) in [5, 5.41) is 13.0. The lowest BCUT2D eigenvalue weighted by Crippen LogP contribution is -2.48. The highest BCUT2D eigenvalue weighted by molar-refractivity contribution is 9.10. The summed E-state index contributed by atoms with van der Waals surface area (Å²) >= 11 is 3.45. The number of rotatable bonds is 3. The molecule has 136 valence electrons. The predicted molar refractivity (Wildman–Crippen MR) is 102 cm³/mol. The van der Waals surface area contributed by atoms with E-state index >= 15 is 0 Å². The van der Waals surface area contributed by atoms with E-state index in [9.17, 15) is 9.59 Å². The molecule has 0 aliphatic heterocycles. The fraction of sp³-hybridized carbons (Fsp3) is 0.421. The number of carbonyl (C=O) groups excluding carboxylic acids is 2. The highest BCUT2D eigenvalue weighted by Crippen LogP contribution is 2.27. The maximum absolute atomic E-state index is 12.9. The van der Waals surface area contributed by atoms with E-state index in [4.69, 9.17) is 5.26 Å². The van der Waals surface area contributed by atoms with Crippen molar-refractivity contribution < 1.29 is 9.59 Å². The molecule has 1 N–H and O–H groups in total. The third-order valence-electron chi connectivity index (χ3n) is 5.12. The van der Waals surface area contributed by atoms with Crippen molar-refractivity contribution in [2.45, 2.75) is 31.7 Å². The molecule has 0 saturated heterocycles. The maximum atomic E-state index is 12.9. The SMILES string of the molecule is CN(C#N)C(=O)[C@@H]1CCCC[C@@H]1NC(=O)c1cc2ccc(Br)cc2n1C. The molecule has 2 amide bonds. The van der Waals surface area contributed by atoms with Crippen LogP contribution in [0.1, 0.15) is 36.2 Å². The van der Waals surface area contributed by atoms with Gasteiger partial charge in [-0.05, 0) is 31.0 Å². The van der Waals surface area contributed by atoms with Crippen LogP contribution in [0.5, 0.6) is 0 Å². The first-order chi connectivity index (χ1) is 12.4. The Balaban J connectivity index is 1.83. The maximum Gasteiger partial charge on any atom is 0.268 e. The van der Waals surface area contributed by atoms with Crippen molar-refractivity contribution in [3.05, 3.63) is 34.4 Å². The molecule has 0 spiro atoms. The molecule has 2 aromatic rings. The van der Waals surface area contributed by atoms with Crippen molar-refractivity contribution >= 4 is 38.6 Å². The Labute approximate surface area is 160 Å².